The molecule has 0 unspecified atom stereocenters. The van der Waals surface area contributed by atoms with Gasteiger partial charge in [-0.3, -0.25) is 0 Å². The highest BCUT2D eigenvalue weighted by atomic mass is 32.2. The Bertz CT molecular complexity index is 590. The first-order valence-corrected chi connectivity index (χ1v) is 8.58. The van der Waals surface area contributed by atoms with Gasteiger partial charge in [0, 0.05) is 23.7 Å². The number of hydrogen-bond donors (Lipinski definition) is 2. The Labute approximate surface area is 140 Å². The molecule has 2 aromatic rings. The van der Waals surface area contributed by atoms with Crippen LogP contribution in [0.4, 0.5) is 4.39 Å². The van der Waals surface area contributed by atoms with Crippen LogP contribution < -0.4 is 10.6 Å². The molecule has 0 heterocycles. The van der Waals surface area contributed by atoms with Crippen LogP contribution in [-0.2, 0) is 6.42 Å². The number of rotatable bonds is 7. The average Bonchev–Trinajstić information content (AvgIpc) is 2.54. The molecule has 2 nitrogen and oxygen atoms in total. The molecule has 0 amide bonds. The number of thiocarbonyl (C=S) groups is 1. The lowest BCUT2D eigenvalue weighted by atomic mass is 10.1. The highest BCUT2D eigenvalue weighted by molar-refractivity contribution is 7.99. The van der Waals surface area contributed by atoms with Gasteiger partial charge in [0.05, 0.1) is 0 Å². The fourth-order valence-electron chi connectivity index (χ4n) is 1.92. The maximum atomic E-state index is 13.4. The van der Waals surface area contributed by atoms with Gasteiger partial charge in [0.15, 0.2) is 5.11 Å². The van der Waals surface area contributed by atoms with Crippen LogP contribution in [0.5, 0.6) is 0 Å². The minimum Gasteiger partial charge on any atom is -0.362 e. The van der Waals surface area contributed by atoms with E-state index < -0.39 is 0 Å². The molecule has 2 aromatic carbocycles. The molecule has 0 saturated heterocycles. The van der Waals surface area contributed by atoms with Gasteiger partial charge in [-0.25, -0.2) is 4.39 Å². The first kappa shape index (κ1) is 16.8. The largest absolute Gasteiger partial charge is 0.362 e. The molecule has 5 heteroatoms. The maximum Gasteiger partial charge on any atom is 0.166 e. The quantitative estimate of drug-likeness (QED) is 0.459. The van der Waals surface area contributed by atoms with Crippen molar-refractivity contribution in [2.24, 2.45) is 0 Å². The predicted octanol–water partition coefficient (Wildman–Crippen LogP) is 3.62. The van der Waals surface area contributed by atoms with Crippen molar-refractivity contribution in [2.45, 2.75) is 11.3 Å². The smallest absolute Gasteiger partial charge is 0.166 e. The third kappa shape index (κ3) is 6.03. The molecule has 0 spiro atoms. The number of hydrogen-bond acceptors (Lipinski definition) is 2. The highest BCUT2D eigenvalue weighted by Gasteiger charge is 2.01. The number of nitrogens with one attached hydrogen (secondary N) is 2. The van der Waals surface area contributed by atoms with Gasteiger partial charge in [-0.2, -0.15) is 0 Å². The van der Waals surface area contributed by atoms with E-state index in [1.54, 1.807) is 23.9 Å². The summed E-state index contributed by atoms with van der Waals surface area (Å²) in [5, 5.41) is 6.88. The maximum absolute atomic E-state index is 13.4. The van der Waals surface area contributed by atoms with E-state index in [9.17, 15) is 4.39 Å². The van der Waals surface area contributed by atoms with Crippen molar-refractivity contribution in [1.82, 2.24) is 10.6 Å². The van der Waals surface area contributed by atoms with Gasteiger partial charge in [0.25, 0.3) is 0 Å². The molecule has 0 aromatic heterocycles. The molecule has 0 radical (unpaired) electrons. The summed E-state index contributed by atoms with van der Waals surface area (Å²) in [6.45, 7) is 1.42. The van der Waals surface area contributed by atoms with E-state index in [-0.39, 0.29) is 5.82 Å². The van der Waals surface area contributed by atoms with E-state index in [1.807, 2.05) is 24.3 Å². The topological polar surface area (TPSA) is 24.1 Å². The standard InChI is InChI=1S/C17H19FN2S2/c18-16-9-5-4-6-14(16)10-11-19-17(21)20-12-13-22-15-7-2-1-3-8-15/h1-9H,10-13H2,(H2,19,20,21). The zero-order chi connectivity index (χ0) is 15.6. The minimum atomic E-state index is -0.164. The molecule has 2 rings (SSSR count). The monoisotopic (exact) mass is 334 g/mol. The third-order valence-electron chi connectivity index (χ3n) is 3.04. The number of benzene rings is 2. The van der Waals surface area contributed by atoms with Gasteiger partial charge < -0.3 is 10.6 Å². The third-order valence-corrected chi connectivity index (χ3v) is 4.34. The Morgan fingerprint density at radius 3 is 2.41 bits per heavy atom. The molecular weight excluding hydrogens is 315 g/mol. The van der Waals surface area contributed by atoms with Gasteiger partial charge in [0.1, 0.15) is 5.82 Å². The fraction of sp³-hybridized carbons (Fsp3) is 0.235. The second kappa shape index (κ2) is 9.43. The molecular formula is C17H19FN2S2. The van der Waals surface area contributed by atoms with E-state index in [0.717, 1.165) is 12.3 Å². The SMILES string of the molecule is Fc1ccccc1CCNC(=S)NCCSc1ccccc1. The van der Waals surface area contributed by atoms with Crippen molar-refractivity contribution in [1.29, 1.82) is 0 Å². The van der Waals surface area contributed by atoms with E-state index >= 15 is 0 Å². The summed E-state index contributed by atoms with van der Waals surface area (Å²) in [7, 11) is 0. The highest BCUT2D eigenvalue weighted by Crippen LogP contribution is 2.15. The molecule has 0 saturated carbocycles. The normalized spacial score (nSPS) is 10.2. The van der Waals surface area contributed by atoms with Gasteiger partial charge in [-0.1, -0.05) is 36.4 Å². The molecule has 0 aliphatic heterocycles. The van der Waals surface area contributed by atoms with Gasteiger partial charge >= 0.3 is 0 Å². The van der Waals surface area contributed by atoms with Gasteiger partial charge in [-0.05, 0) is 42.4 Å². The van der Waals surface area contributed by atoms with Crippen LogP contribution in [0.15, 0.2) is 59.5 Å². The molecule has 116 valence electrons. The first-order chi connectivity index (χ1) is 10.8. The van der Waals surface area contributed by atoms with Crippen LogP contribution in [0.25, 0.3) is 0 Å². The van der Waals surface area contributed by atoms with E-state index in [4.69, 9.17) is 12.2 Å². The van der Waals surface area contributed by atoms with Crippen molar-refractivity contribution in [3.05, 3.63) is 66.0 Å². The van der Waals surface area contributed by atoms with E-state index in [2.05, 4.69) is 22.8 Å². The van der Waals surface area contributed by atoms with E-state index in [1.165, 1.54) is 11.0 Å². The first-order valence-electron chi connectivity index (χ1n) is 7.18. The Morgan fingerprint density at radius 2 is 1.64 bits per heavy atom. The summed E-state index contributed by atoms with van der Waals surface area (Å²) in [5.41, 5.74) is 0.706. The summed E-state index contributed by atoms with van der Waals surface area (Å²) >= 11 is 6.99. The van der Waals surface area contributed by atoms with E-state index in [0.29, 0.717) is 23.6 Å². The second-order valence-corrected chi connectivity index (χ2v) is 6.26. The van der Waals surface area contributed by atoms with Crippen LogP contribution in [0.1, 0.15) is 5.56 Å². The number of thioether (sulfide) groups is 1. The Balaban J connectivity index is 1.57. The van der Waals surface area contributed by atoms with Crippen molar-refractivity contribution in [3.8, 4) is 0 Å². The van der Waals surface area contributed by atoms with Crippen molar-refractivity contribution in [2.75, 3.05) is 18.8 Å². The summed E-state index contributed by atoms with van der Waals surface area (Å²) in [6, 6.07) is 17.1. The molecule has 22 heavy (non-hydrogen) atoms. The summed E-state index contributed by atoms with van der Waals surface area (Å²) in [4.78, 5) is 1.25. The van der Waals surface area contributed by atoms with Crippen molar-refractivity contribution < 1.29 is 4.39 Å². The Kier molecular flexibility index (Phi) is 7.19. The zero-order valence-electron chi connectivity index (χ0n) is 12.2. The number of halogens is 1. The molecule has 0 bridgehead atoms. The molecule has 0 fully saturated rings. The fourth-order valence-corrected chi connectivity index (χ4v) is 2.92. The van der Waals surface area contributed by atoms with Crippen LogP contribution in [0.2, 0.25) is 0 Å². The van der Waals surface area contributed by atoms with Crippen LogP contribution in [-0.4, -0.2) is 24.0 Å². The van der Waals surface area contributed by atoms with Crippen molar-refractivity contribution >= 4 is 29.1 Å². The summed E-state index contributed by atoms with van der Waals surface area (Å²) in [6.07, 6.45) is 0.618. The molecule has 2 N–H and O–H groups in total. The minimum absolute atomic E-state index is 0.164. The molecule has 0 atom stereocenters. The summed E-state index contributed by atoms with van der Waals surface area (Å²) in [5.74, 6) is 0.779. The average molecular weight is 334 g/mol. The van der Waals surface area contributed by atoms with Crippen LogP contribution in [0.3, 0.4) is 0 Å². The van der Waals surface area contributed by atoms with Gasteiger partial charge in [0.2, 0.25) is 0 Å². The molecule has 0 aliphatic carbocycles. The Morgan fingerprint density at radius 1 is 0.955 bits per heavy atom. The van der Waals surface area contributed by atoms with Crippen LogP contribution >= 0.6 is 24.0 Å². The lowest BCUT2D eigenvalue weighted by Gasteiger charge is -2.10. The van der Waals surface area contributed by atoms with Gasteiger partial charge in [-0.15, -0.1) is 11.8 Å². The Hall–Kier alpha value is -1.59. The lowest BCUT2D eigenvalue weighted by Crippen LogP contribution is -2.37. The second-order valence-electron chi connectivity index (χ2n) is 4.69. The van der Waals surface area contributed by atoms with Crippen molar-refractivity contribution in [3.63, 3.8) is 0 Å². The zero-order valence-corrected chi connectivity index (χ0v) is 13.9. The summed E-state index contributed by atoms with van der Waals surface area (Å²) < 4.78 is 13.4. The predicted molar refractivity (Wildman–Crippen MR) is 95.9 cm³/mol. The molecule has 0 aliphatic rings. The van der Waals surface area contributed by atoms with Crippen LogP contribution in [0, 0.1) is 5.82 Å². The lowest BCUT2D eigenvalue weighted by molar-refractivity contribution is 0.607.